The maximum absolute atomic E-state index is 11.3. The average molecular weight is 483 g/mol. The molecule has 0 bridgehead atoms. The molecule has 0 aromatic carbocycles. The van der Waals surface area contributed by atoms with Crippen LogP contribution in [0.25, 0.3) is 0 Å². The van der Waals surface area contributed by atoms with Gasteiger partial charge in [-0.2, -0.15) is 0 Å². The van der Waals surface area contributed by atoms with Crippen molar-refractivity contribution in [3.63, 3.8) is 0 Å². The molecule has 1 rings (SSSR count). The summed E-state index contributed by atoms with van der Waals surface area (Å²) in [6, 6.07) is 5.86. The number of halogens is 1. The van der Waals surface area contributed by atoms with E-state index in [0.717, 1.165) is 18.1 Å². The molecule has 1 aromatic heterocycles. The van der Waals surface area contributed by atoms with Crippen molar-refractivity contribution in [1.82, 2.24) is 15.6 Å². The summed E-state index contributed by atoms with van der Waals surface area (Å²) in [7, 11) is 0.947. The summed E-state index contributed by atoms with van der Waals surface area (Å²) < 4.78 is 22.5. The maximum Gasteiger partial charge on any atom is 0.191 e. The van der Waals surface area contributed by atoms with Crippen molar-refractivity contribution in [3.8, 4) is 0 Å². The van der Waals surface area contributed by atoms with Crippen molar-refractivity contribution < 1.29 is 8.42 Å². The Morgan fingerprint density at radius 3 is 2.60 bits per heavy atom. The second kappa shape index (κ2) is 11.5. The van der Waals surface area contributed by atoms with Gasteiger partial charge >= 0.3 is 0 Å². The van der Waals surface area contributed by atoms with Gasteiger partial charge in [0.15, 0.2) is 5.96 Å². The van der Waals surface area contributed by atoms with E-state index in [1.54, 1.807) is 0 Å². The van der Waals surface area contributed by atoms with E-state index < -0.39 is 9.84 Å². The quantitative estimate of drug-likeness (QED) is 0.332. The van der Waals surface area contributed by atoms with Gasteiger partial charge in [-0.05, 0) is 32.4 Å². The molecule has 9 heteroatoms. The average Bonchev–Trinajstić information content (AvgIpc) is 2.50. The summed E-state index contributed by atoms with van der Waals surface area (Å²) >= 11 is 0. The number of pyridine rings is 1. The number of nitrogens with zero attached hydrogens (tertiary/aromatic N) is 3. The SMILES string of the molecule is CCNC(=NCc1cccc(N(C)C)n1)NC(C)CCS(C)(=O)=O.I. The summed E-state index contributed by atoms with van der Waals surface area (Å²) in [5, 5.41) is 6.40. The lowest BCUT2D eigenvalue weighted by molar-refractivity contribution is 0.581. The molecule has 0 fully saturated rings. The summed E-state index contributed by atoms with van der Waals surface area (Å²) in [6.07, 6.45) is 1.79. The Kier molecular flexibility index (Phi) is 11.0. The van der Waals surface area contributed by atoms with Gasteiger partial charge in [-0.1, -0.05) is 6.07 Å². The van der Waals surface area contributed by atoms with Gasteiger partial charge in [-0.3, -0.25) is 0 Å². The van der Waals surface area contributed by atoms with Crippen LogP contribution < -0.4 is 15.5 Å². The molecule has 2 N–H and O–H groups in total. The van der Waals surface area contributed by atoms with E-state index in [1.807, 2.05) is 51.0 Å². The van der Waals surface area contributed by atoms with Crippen molar-refractivity contribution in [2.45, 2.75) is 32.9 Å². The molecule has 1 aromatic rings. The van der Waals surface area contributed by atoms with Crippen LogP contribution in [-0.4, -0.2) is 58.1 Å². The highest BCUT2D eigenvalue weighted by Gasteiger charge is 2.09. The first-order chi connectivity index (χ1) is 11.2. The van der Waals surface area contributed by atoms with Gasteiger partial charge in [0.05, 0.1) is 18.0 Å². The van der Waals surface area contributed by atoms with Crippen LogP contribution in [0.5, 0.6) is 0 Å². The number of aliphatic imine (C=N–C) groups is 1. The zero-order valence-electron chi connectivity index (χ0n) is 15.6. The Morgan fingerprint density at radius 1 is 1.36 bits per heavy atom. The van der Waals surface area contributed by atoms with Crippen LogP contribution in [0.2, 0.25) is 0 Å². The first-order valence-electron chi connectivity index (χ1n) is 8.07. The fourth-order valence-electron chi connectivity index (χ4n) is 1.98. The minimum Gasteiger partial charge on any atom is -0.363 e. The van der Waals surface area contributed by atoms with Gasteiger partial charge in [-0.15, -0.1) is 24.0 Å². The number of aromatic nitrogens is 1. The van der Waals surface area contributed by atoms with Gasteiger partial charge in [0.25, 0.3) is 0 Å². The van der Waals surface area contributed by atoms with Gasteiger partial charge in [0, 0.05) is 32.9 Å². The number of sulfone groups is 1. The first kappa shape index (κ1) is 23.9. The van der Waals surface area contributed by atoms with Gasteiger partial charge in [-0.25, -0.2) is 18.4 Å². The third kappa shape index (κ3) is 10.5. The summed E-state index contributed by atoms with van der Waals surface area (Å²) in [6.45, 7) is 5.12. The summed E-state index contributed by atoms with van der Waals surface area (Å²) in [4.78, 5) is 11.0. The van der Waals surface area contributed by atoms with E-state index in [1.165, 1.54) is 6.26 Å². The van der Waals surface area contributed by atoms with E-state index in [2.05, 4.69) is 20.6 Å². The molecule has 0 radical (unpaired) electrons. The zero-order chi connectivity index (χ0) is 18.2. The Balaban J connectivity index is 0.00000576. The van der Waals surface area contributed by atoms with E-state index in [4.69, 9.17) is 0 Å². The molecule has 1 unspecified atom stereocenters. The number of hydrogen-bond acceptors (Lipinski definition) is 5. The standard InChI is InChI=1S/C16H29N5O2S.HI/c1-6-17-16(19-13(2)10-11-24(5,22)23)18-12-14-8-7-9-15(20-14)21(3)4;/h7-9,13H,6,10-12H2,1-5H3,(H2,17,18,19);1H. The molecule has 0 aliphatic carbocycles. The second-order valence-electron chi connectivity index (χ2n) is 6.04. The first-order valence-corrected chi connectivity index (χ1v) is 10.1. The van der Waals surface area contributed by atoms with Crippen LogP contribution in [0.1, 0.15) is 26.0 Å². The van der Waals surface area contributed by atoms with Crippen LogP contribution in [-0.2, 0) is 16.4 Å². The van der Waals surface area contributed by atoms with E-state index in [-0.39, 0.29) is 35.8 Å². The van der Waals surface area contributed by atoms with Crippen LogP contribution in [0.3, 0.4) is 0 Å². The third-order valence-corrected chi connectivity index (χ3v) is 4.28. The predicted molar refractivity (Wildman–Crippen MR) is 116 cm³/mol. The lowest BCUT2D eigenvalue weighted by atomic mass is 10.3. The number of guanidine groups is 1. The molecule has 25 heavy (non-hydrogen) atoms. The van der Waals surface area contributed by atoms with Crippen LogP contribution >= 0.6 is 24.0 Å². The molecular formula is C16H30IN5O2S. The van der Waals surface area contributed by atoms with Crippen molar-refractivity contribution in [2.24, 2.45) is 4.99 Å². The molecule has 0 aliphatic heterocycles. The minimum atomic E-state index is -2.95. The highest BCUT2D eigenvalue weighted by atomic mass is 127. The molecule has 1 heterocycles. The van der Waals surface area contributed by atoms with E-state index in [9.17, 15) is 8.42 Å². The molecule has 0 amide bonds. The van der Waals surface area contributed by atoms with Crippen molar-refractivity contribution in [2.75, 3.05) is 37.5 Å². The molecule has 0 saturated heterocycles. The van der Waals surface area contributed by atoms with E-state index >= 15 is 0 Å². The molecular weight excluding hydrogens is 453 g/mol. The van der Waals surface area contributed by atoms with Crippen molar-refractivity contribution in [1.29, 1.82) is 0 Å². The fourth-order valence-corrected chi connectivity index (χ4v) is 2.76. The lowest BCUT2D eigenvalue weighted by Crippen LogP contribution is -2.42. The molecule has 0 spiro atoms. The molecule has 144 valence electrons. The van der Waals surface area contributed by atoms with Gasteiger partial charge in [0.2, 0.25) is 0 Å². The molecule has 0 aliphatic rings. The maximum atomic E-state index is 11.3. The Bertz CT molecular complexity index is 650. The number of hydrogen-bond donors (Lipinski definition) is 2. The minimum absolute atomic E-state index is 0. The Hall–Kier alpha value is -1.10. The highest BCUT2D eigenvalue weighted by Crippen LogP contribution is 2.08. The van der Waals surface area contributed by atoms with E-state index in [0.29, 0.717) is 18.9 Å². The smallest absolute Gasteiger partial charge is 0.191 e. The largest absolute Gasteiger partial charge is 0.363 e. The topological polar surface area (TPSA) is 86.7 Å². The monoisotopic (exact) mass is 483 g/mol. The molecule has 1 atom stereocenters. The van der Waals surface area contributed by atoms with Gasteiger partial charge < -0.3 is 15.5 Å². The highest BCUT2D eigenvalue weighted by molar-refractivity contribution is 14.0. The third-order valence-electron chi connectivity index (χ3n) is 3.30. The van der Waals surface area contributed by atoms with Crippen LogP contribution in [0.4, 0.5) is 5.82 Å². The normalized spacial score (nSPS) is 12.9. The Morgan fingerprint density at radius 2 is 2.04 bits per heavy atom. The number of anilines is 1. The van der Waals surface area contributed by atoms with Crippen LogP contribution in [0.15, 0.2) is 23.2 Å². The van der Waals surface area contributed by atoms with Crippen LogP contribution in [0, 0.1) is 0 Å². The molecule has 7 nitrogen and oxygen atoms in total. The second-order valence-corrected chi connectivity index (χ2v) is 8.30. The number of nitrogens with one attached hydrogen (secondary N) is 2. The number of rotatable bonds is 8. The zero-order valence-corrected chi connectivity index (χ0v) is 18.8. The van der Waals surface area contributed by atoms with Gasteiger partial charge in [0.1, 0.15) is 15.7 Å². The Labute approximate surface area is 168 Å². The van der Waals surface area contributed by atoms with Crippen molar-refractivity contribution in [3.05, 3.63) is 23.9 Å². The lowest BCUT2D eigenvalue weighted by Gasteiger charge is -2.17. The summed E-state index contributed by atoms with van der Waals surface area (Å²) in [5.74, 6) is 1.71. The van der Waals surface area contributed by atoms with Crippen molar-refractivity contribution >= 4 is 45.6 Å². The predicted octanol–water partition coefficient (Wildman–Crippen LogP) is 1.64. The fraction of sp³-hybridized carbons (Fsp3) is 0.625. The summed E-state index contributed by atoms with van der Waals surface area (Å²) in [5.41, 5.74) is 0.877. The molecule has 0 saturated carbocycles.